The minimum atomic E-state index is 0.0784. The summed E-state index contributed by atoms with van der Waals surface area (Å²) < 4.78 is 5.36. The number of nitriles is 2. The van der Waals surface area contributed by atoms with Gasteiger partial charge in [-0.05, 0) is 29.8 Å². The molecule has 0 amide bonds. The maximum Gasteiger partial charge on any atom is 0.129 e. The average molecular weight is 300 g/mol. The van der Waals surface area contributed by atoms with Gasteiger partial charge in [0.05, 0.1) is 13.2 Å². The first-order valence-corrected chi connectivity index (χ1v) is 6.93. The van der Waals surface area contributed by atoms with Gasteiger partial charge in [-0.2, -0.15) is 10.5 Å². The Bertz CT molecular complexity index is 613. The lowest BCUT2D eigenvalue weighted by Gasteiger charge is -2.31. The highest BCUT2D eigenvalue weighted by Gasteiger charge is 2.14. The third-order valence-electron chi connectivity index (χ3n) is 3.14. The number of hydrogen-bond donors (Lipinski definition) is 0. The molecule has 5 heteroatoms. The van der Waals surface area contributed by atoms with Crippen molar-refractivity contribution in [2.24, 2.45) is 0 Å². The first-order chi connectivity index (χ1) is 10.2. The van der Waals surface area contributed by atoms with Crippen LogP contribution in [0.2, 0.25) is 5.02 Å². The van der Waals surface area contributed by atoms with Crippen molar-refractivity contribution < 1.29 is 4.74 Å². The number of morpholine rings is 1. The summed E-state index contributed by atoms with van der Waals surface area (Å²) in [7, 11) is 0. The Labute approximate surface area is 129 Å². The Morgan fingerprint density at radius 3 is 2.29 bits per heavy atom. The van der Waals surface area contributed by atoms with E-state index in [0.717, 1.165) is 24.4 Å². The van der Waals surface area contributed by atoms with E-state index >= 15 is 0 Å². The molecule has 0 N–H and O–H groups in total. The number of halogens is 1. The molecular formula is C16H14ClN3O. The smallest absolute Gasteiger partial charge is 0.129 e. The van der Waals surface area contributed by atoms with Gasteiger partial charge in [0.2, 0.25) is 0 Å². The summed E-state index contributed by atoms with van der Waals surface area (Å²) in [5.41, 5.74) is 2.03. The number of hydrogen-bond acceptors (Lipinski definition) is 4. The van der Waals surface area contributed by atoms with Crippen LogP contribution in [0.3, 0.4) is 0 Å². The number of benzene rings is 1. The van der Waals surface area contributed by atoms with E-state index in [0.29, 0.717) is 18.2 Å². The summed E-state index contributed by atoms with van der Waals surface area (Å²) in [5, 5.41) is 18.3. The van der Waals surface area contributed by atoms with Crippen LogP contribution in [0.25, 0.3) is 5.70 Å². The molecule has 1 saturated heterocycles. The van der Waals surface area contributed by atoms with E-state index in [1.807, 2.05) is 36.4 Å². The van der Waals surface area contributed by atoms with Gasteiger partial charge in [0.1, 0.15) is 17.7 Å². The molecule has 1 aromatic rings. The summed E-state index contributed by atoms with van der Waals surface area (Å²) >= 11 is 5.92. The quantitative estimate of drug-likeness (QED) is 0.636. The zero-order valence-electron chi connectivity index (χ0n) is 11.4. The van der Waals surface area contributed by atoms with Gasteiger partial charge in [-0.15, -0.1) is 0 Å². The second-order valence-electron chi connectivity index (χ2n) is 4.46. The fraction of sp³-hybridized carbons (Fsp3) is 0.250. The molecule has 0 spiro atoms. The fourth-order valence-electron chi connectivity index (χ4n) is 2.07. The van der Waals surface area contributed by atoms with Crippen LogP contribution in [0.15, 0.2) is 42.0 Å². The van der Waals surface area contributed by atoms with Crippen molar-refractivity contribution in [1.82, 2.24) is 4.90 Å². The zero-order chi connectivity index (χ0) is 15.1. The van der Waals surface area contributed by atoms with Crippen LogP contribution in [0.4, 0.5) is 0 Å². The Kier molecular flexibility index (Phi) is 5.40. The van der Waals surface area contributed by atoms with Crippen molar-refractivity contribution in [3.05, 3.63) is 52.6 Å². The van der Waals surface area contributed by atoms with E-state index in [4.69, 9.17) is 26.9 Å². The molecule has 0 bridgehead atoms. The molecule has 1 heterocycles. The van der Waals surface area contributed by atoms with Crippen LogP contribution < -0.4 is 0 Å². The van der Waals surface area contributed by atoms with Crippen LogP contribution in [-0.4, -0.2) is 31.2 Å². The minimum absolute atomic E-state index is 0.0784. The van der Waals surface area contributed by atoms with E-state index in [-0.39, 0.29) is 5.57 Å². The normalized spacial score (nSPS) is 15.0. The van der Waals surface area contributed by atoms with E-state index in [2.05, 4.69) is 4.90 Å². The molecule has 1 aliphatic heterocycles. The predicted molar refractivity (Wildman–Crippen MR) is 81.1 cm³/mol. The van der Waals surface area contributed by atoms with Crippen LogP contribution in [-0.2, 0) is 4.74 Å². The first-order valence-electron chi connectivity index (χ1n) is 6.55. The van der Waals surface area contributed by atoms with Crippen molar-refractivity contribution in [2.45, 2.75) is 0 Å². The van der Waals surface area contributed by atoms with E-state index in [9.17, 15) is 0 Å². The SMILES string of the molecule is N#CC(C#N)=CC=C(c1ccc(Cl)cc1)N1CCOCC1. The topological polar surface area (TPSA) is 60.0 Å². The minimum Gasteiger partial charge on any atom is -0.378 e. The summed E-state index contributed by atoms with van der Waals surface area (Å²) in [6, 6.07) is 11.2. The third-order valence-corrected chi connectivity index (χ3v) is 3.39. The highest BCUT2D eigenvalue weighted by Crippen LogP contribution is 2.22. The van der Waals surface area contributed by atoms with E-state index in [1.165, 1.54) is 0 Å². The average Bonchev–Trinajstić information content (AvgIpc) is 2.54. The Morgan fingerprint density at radius 2 is 1.71 bits per heavy atom. The summed E-state index contributed by atoms with van der Waals surface area (Å²) in [6.45, 7) is 2.88. The summed E-state index contributed by atoms with van der Waals surface area (Å²) in [5.74, 6) is 0. The fourth-order valence-corrected chi connectivity index (χ4v) is 2.20. The molecule has 106 valence electrons. The monoisotopic (exact) mass is 299 g/mol. The molecule has 1 fully saturated rings. The van der Waals surface area contributed by atoms with Crippen molar-refractivity contribution in [2.75, 3.05) is 26.3 Å². The Balaban J connectivity index is 2.37. The maximum atomic E-state index is 8.84. The van der Waals surface area contributed by atoms with Crippen molar-refractivity contribution in [3.63, 3.8) is 0 Å². The standard InChI is InChI=1S/C16H14ClN3O/c17-15-4-2-14(3-5-15)16(6-1-13(11-18)12-19)20-7-9-21-10-8-20/h1-6H,7-10H2. The molecule has 0 aromatic heterocycles. The lowest BCUT2D eigenvalue weighted by molar-refractivity contribution is 0.0639. The van der Waals surface area contributed by atoms with Gasteiger partial charge < -0.3 is 9.64 Å². The number of ether oxygens (including phenoxy) is 1. The van der Waals surface area contributed by atoms with E-state index in [1.54, 1.807) is 12.2 Å². The molecule has 0 unspecified atom stereocenters. The number of nitrogens with zero attached hydrogens (tertiary/aromatic N) is 3. The van der Waals surface area contributed by atoms with Crippen molar-refractivity contribution >= 4 is 17.3 Å². The highest BCUT2D eigenvalue weighted by atomic mass is 35.5. The number of rotatable bonds is 3. The molecular weight excluding hydrogens is 286 g/mol. The maximum absolute atomic E-state index is 8.84. The molecule has 0 radical (unpaired) electrons. The molecule has 0 aliphatic carbocycles. The highest BCUT2D eigenvalue weighted by molar-refractivity contribution is 6.30. The van der Waals surface area contributed by atoms with Crippen LogP contribution in [0.5, 0.6) is 0 Å². The Morgan fingerprint density at radius 1 is 1.10 bits per heavy atom. The second kappa shape index (κ2) is 7.50. The van der Waals surface area contributed by atoms with Gasteiger partial charge in [-0.25, -0.2) is 0 Å². The summed E-state index contributed by atoms with van der Waals surface area (Å²) in [4.78, 5) is 2.18. The molecule has 21 heavy (non-hydrogen) atoms. The molecule has 1 aromatic carbocycles. The van der Waals surface area contributed by atoms with Gasteiger partial charge in [0.15, 0.2) is 0 Å². The van der Waals surface area contributed by atoms with Gasteiger partial charge in [0, 0.05) is 23.8 Å². The molecule has 0 saturated carbocycles. The predicted octanol–water partition coefficient (Wildman–Crippen LogP) is 2.99. The van der Waals surface area contributed by atoms with E-state index < -0.39 is 0 Å². The number of allylic oxidation sites excluding steroid dienone is 3. The van der Waals surface area contributed by atoms with Crippen LogP contribution >= 0.6 is 11.6 Å². The second-order valence-corrected chi connectivity index (χ2v) is 4.90. The molecule has 1 aliphatic rings. The lowest BCUT2D eigenvalue weighted by atomic mass is 10.1. The van der Waals surface area contributed by atoms with Crippen LogP contribution in [0.1, 0.15) is 5.56 Å². The van der Waals surface area contributed by atoms with Gasteiger partial charge in [-0.1, -0.05) is 23.7 Å². The largest absolute Gasteiger partial charge is 0.378 e. The van der Waals surface area contributed by atoms with Gasteiger partial charge in [0.25, 0.3) is 0 Å². The van der Waals surface area contributed by atoms with Crippen LogP contribution in [0, 0.1) is 22.7 Å². The van der Waals surface area contributed by atoms with Gasteiger partial charge >= 0.3 is 0 Å². The molecule has 4 nitrogen and oxygen atoms in total. The van der Waals surface area contributed by atoms with Crippen molar-refractivity contribution in [3.8, 4) is 12.1 Å². The lowest BCUT2D eigenvalue weighted by Crippen LogP contribution is -2.34. The summed E-state index contributed by atoms with van der Waals surface area (Å²) in [6.07, 6.45) is 3.34. The molecule has 2 rings (SSSR count). The molecule has 0 atom stereocenters. The van der Waals surface area contributed by atoms with Crippen molar-refractivity contribution in [1.29, 1.82) is 10.5 Å². The zero-order valence-corrected chi connectivity index (χ0v) is 12.2. The first kappa shape index (κ1) is 15.1. The third kappa shape index (κ3) is 4.10. The Hall–Kier alpha value is -2.27. The van der Waals surface area contributed by atoms with Gasteiger partial charge in [-0.3, -0.25) is 0 Å².